The van der Waals surface area contributed by atoms with Gasteiger partial charge >= 0.3 is 6.18 Å². The van der Waals surface area contributed by atoms with E-state index in [9.17, 15) is 18.0 Å². The summed E-state index contributed by atoms with van der Waals surface area (Å²) in [6, 6.07) is 6.70. The molecule has 1 saturated carbocycles. The van der Waals surface area contributed by atoms with E-state index < -0.39 is 23.9 Å². The van der Waals surface area contributed by atoms with Crippen molar-refractivity contribution in [3.05, 3.63) is 29.8 Å². The van der Waals surface area contributed by atoms with Crippen LogP contribution in [0.15, 0.2) is 24.3 Å². The maximum atomic E-state index is 13.1. The van der Waals surface area contributed by atoms with Crippen LogP contribution in [0.3, 0.4) is 0 Å². The van der Waals surface area contributed by atoms with Crippen LogP contribution in [0.1, 0.15) is 31.2 Å². The van der Waals surface area contributed by atoms with Crippen LogP contribution in [0.4, 0.5) is 18.9 Å². The van der Waals surface area contributed by atoms with Crippen molar-refractivity contribution >= 4 is 11.6 Å². The number of anilines is 1. The van der Waals surface area contributed by atoms with E-state index in [0.29, 0.717) is 24.1 Å². The standard InChI is InChI=1S/C17H18F3NO/c1-3-12-7-6-8-13(11-12)21(2)16(22)14-9-4-5-10-15(14)17(18,19)20/h1,6-8,11,14-15H,4-5,9-10H2,2H3/t14-,15+/m1/s1. The first-order valence-corrected chi connectivity index (χ1v) is 7.25. The third kappa shape index (κ3) is 3.44. The molecule has 0 radical (unpaired) electrons. The Morgan fingerprint density at radius 1 is 1.32 bits per heavy atom. The number of hydrogen-bond acceptors (Lipinski definition) is 1. The molecule has 22 heavy (non-hydrogen) atoms. The van der Waals surface area contributed by atoms with Crippen LogP contribution in [0.25, 0.3) is 0 Å². The van der Waals surface area contributed by atoms with Gasteiger partial charge in [-0.2, -0.15) is 13.2 Å². The van der Waals surface area contributed by atoms with Gasteiger partial charge in [0.2, 0.25) is 5.91 Å². The zero-order valence-corrected chi connectivity index (χ0v) is 12.4. The molecule has 0 unspecified atom stereocenters. The number of carbonyl (C=O) groups excluding carboxylic acids is 1. The Balaban J connectivity index is 2.23. The van der Waals surface area contributed by atoms with Crippen LogP contribution >= 0.6 is 0 Å². The van der Waals surface area contributed by atoms with Gasteiger partial charge in [0.15, 0.2) is 0 Å². The number of rotatable bonds is 2. The topological polar surface area (TPSA) is 20.3 Å². The Bertz CT molecular complexity index is 588. The molecule has 0 bridgehead atoms. The van der Waals surface area contributed by atoms with E-state index >= 15 is 0 Å². The molecule has 2 atom stereocenters. The summed E-state index contributed by atoms with van der Waals surface area (Å²) in [5, 5.41) is 0. The van der Waals surface area contributed by atoms with E-state index in [1.165, 1.54) is 11.9 Å². The van der Waals surface area contributed by atoms with E-state index in [4.69, 9.17) is 6.42 Å². The van der Waals surface area contributed by atoms with Crippen molar-refractivity contribution in [3.8, 4) is 12.3 Å². The van der Waals surface area contributed by atoms with Crippen LogP contribution in [0.5, 0.6) is 0 Å². The quantitative estimate of drug-likeness (QED) is 0.756. The fourth-order valence-electron chi connectivity index (χ4n) is 3.00. The van der Waals surface area contributed by atoms with Crippen molar-refractivity contribution < 1.29 is 18.0 Å². The Kier molecular flexibility index (Phi) is 4.80. The lowest BCUT2D eigenvalue weighted by Crippen LogP contribution is -2.43. The molecule has 1 amide bonds. The first kappa shape index (κ1) is 16.4. The van der Waals surface area contributed by atoms with E-state index in [2.05, 4.69) is 5.92 Å². The largest absolute Gasteiger partial charge is 0.392 e. The first-order chi connectivity index (χ1) is 10.3. The molecule has 2 rings (SSSR count). The van der Waals surface area contributed by atoms with Gasteiger partial charge in [0.05, 0.1) is 5.92 Å². The lowest BCUT2D eigenvalue weighted by Gasteiger charge is -2.34. The third-order valence-corrected chi connectivity index (χ3v) is 4.23. The van der Waals surface area contributed by atoms with Crippen molar-refractivity contribution in [1.29, 1.82) is 0 Å². The van der Waals surface area contributed by atoms with Crippen LogP contribution in [-0.4, -0.2) is 19.1 Å². The fourth-order valence-corrected chi connectivity index (χ4v) is 3.00. The van der Waals surface area contributed by atoms with E-state index in [1.54, 1.807) is 24.3 Å². The fraction of sp³-hybridized carbons (Fsp3) is 0.471. The summed E-state index contributed by atoms with van der Waals surface area (Å²) in [4.78, 5) is 13.8. The van der Waals surface area contributed by atoms with Gasteiger partial charge in [-0.1, -0.05) is 24.8 Å². The summed E-state index contributed by atoms with van der Waals surface area (Å²) in [5.74, 6) is -0.589. The lowest BCUT2D eigenvalue weighted by molar-refractivity contribution is -0.197. The normalized spacial score (nSPS) is 22.0. The molecular weight excluding hydrogens is 291 g/mol. The smallest absolute Gasteiger partial charge is 0.315 e. The van der Waals surface area contributed by atoms with Crippen LogP contribution < -0.4 is 4.90 Å². The maximum absolute atomic E-state index is 13.1. The molecule has 1 aliphatic carbocycles. The average Bonchev–Trinajstić information content (AvgIpc) is 2.52. The van der Waals surface area contributed by atoms with Gasteiger partial charge in [-0.25, -0.2) is 0 Å². The molecule has 0 aliphatic heterocycles. The Morgan fingerprint density at radius 3 is 2.64 bits per heavy atom. The number of nitrogens with zero attached hydrogens (tertiary/aromatic N) is 1. The molecule has 0 heterocycles. The van der Waals surface area contributed by atoms with Gasteiger partial charge in [0.25, 0.3) is 0 Å². The molecule has 118 valence electrons. The second-order valence-electron chi connectivity index (χ2n) is 5.63. The number of halogens is 3. The van der Waals surface area contributed by atoms with Crippen molar-refractivity contribution in [2.24, 2.45) is 11.8 Å². The highest BCUT2D eigenvalue weighted by Crippen LogP contribution is 2.42. The minimum Gasteiger partial charge on any atom is -0.315 e. The Morgan fingerprint density at radius 2 is 2.00 bits per heavy atom. The van der Waals surface area contributed by atoms with Crippen LogP contribution in [0.2, 0.25) is 0 Å². The molecule has 1 fully saturated rings. The summed E-state index contributed by atoms with van der Waals surface area (Å²) in [6.45, 7) is 0. The third-order valence-electron chi connectivity index (χ3n) is 4.23. The second kappa shape index (κ2) is 6.43. The summed E-state index contributed by atoms with van der Waals surface area (Å²) in [5.41, 5.74) is 1.11. The van der Waals surface area contributed by atoms with Crippen molar-refractivity contribution in [2.45, 2.75) is 31.9 Å². The van der Waals surface area contributed by atoms with Gasteiger partial charge in [-0.15, -0.1) is 6.42 Å². The van der Waals surface area contributed by atoms with Crippen LogP contribution in [-0.2, 0) is 4.79 Å². The summed E-state index contributed by atoms with van der Waals surface area (Å²) in [6.07, 6.45) is 2.46. The molecule has 0 saturated heterocycles. The monoisotopic (exact) mass is 309 g/mol. The van der Waals surface area contributed by atoms with Crippen molar-refractivity contribution in [1.82, 2.24) is 0 Å². The molecule has 1 aromatic rings. The van der Waals surface area contributed by atoms with Gasteiger partial charge in [-0.05, 0) is 31.0 Å². The van der Waals surface area contributed by atoms with E-state index in [-0.39, 0.29) is 12.8 Å². The van der Waals surface area contributed by atoms with Gasteiger partial charge in [0, 0.05) is 24.2 Å². The zero-order valence-electron chi connectivity index (χ0n) is 12.4. The van der Waals surface area contributed by atoms with Gasteiger partial charge < -0.3 is 4.90 Å². The Labute approximate surface area is 128 Å². The molecule has 0 N–H and O–H groups in total. The van der Waals surface area contributed by atoms with Crippen molar-refractivity contribution in [3.63, 3.8) is 0 Å². The predicted octanol–water partition coefficient (Wildman–Crippen LogP) is 4.00. The highest BCUT2D eigenvalue weighted by atomic mass is 19.4. The SMILES string of the molecule is C#Cc1cccc(N(C)C(=O)[C@@H]2CCCC[C@@H]2C(F)(F)F)c1. The average molecular weight is 309 g/mol. The number of carbonyl (C=O) groups is 1. The van der Waals surface area contributed by atoms with Crippen molar-refractivity contribution in [2.75, 3.05) is 11.9 Å². The minimum absolute atomic E-state index is 0.0259. The zero-order chi connectivity index (χ0) is 16.3. The molecule has 1 aliphatic rings. The van der Waals surface area contributed by atoms with Gasteiger partial charge in [0.1, 0.15) is 0 Å². The number of alkyl halides is 3. The molecule has 2 nitrogen and oxygen atoms in total. The van der Waals surface area contributed by atoms with E-state index in [0.717, 1.165) is 0 Å². The summed E-state index contributed by atoms with van der Waals surface area (Å²) in [7, 11) is 1.50. The molecule has 0 aromatic heterocycles. The number of terminal acetylenes is 1. The predicted molar refractivity (Wildman–Crippen MR) is 79.3 cm³/mol. The number of amides is 1. The number of hydrogen-bond donors (Lipinski definition) is 0. The minimum atomic E-state index is -4.33. The second-order valence-corrected chi connectivity index (χ2v) is 5.63. The first-order valence-electron chi connectivity index (χ1n) is 7.25. The van der Waals surface area contributed by atoms with E-state index in [1.807, 2.05) is 0 Å². The summed E-state index contributed by atoms with van der Waals surface area (Å²) >= 11 is 0. The summed E-state index contributed by atoms with van der Waals surface area (Å²) < 4.78 is 39.4. The maximum Gasteiger partial charge on any atom is 0.392 e. The molecule has 1 aromatic carbocycles. The molecule has 0 spiro atoms. The molecular formula is C17H18F3NO. The van der Waals surface area contributed by atoms with Crippen LogP contribution in [0, 0.1) is 24.2 Å². The highest BCUT2D eigenvalue weighted by Gasteiger charge is 2.48. The highest BCUT2D eigenvalue weighted by molar-refractivity contribution is 5.95. The lowest BCUT2D eigenvalue weighted by atomic mass is 9.78. The Hall–Kier alpha value is -1.96. The molecule has 5 heteroatoms. The number of benzene rings is 1. The van der Waals surface area contributed by atoms with Gasteiger partial charge in [-0.3, -0.25) is 4.79 Å².